The molecule has 4 rings (SSSR count). The Kier molecular flexibility index (Phi) is 8.53. The summed E-state index contributed by atoms with van der Waals surface area (Å²) in [7, 11) is 0. The van der Waals surface area contributed by atoms with Crippen LogP contribution in [0, 0.1) is 11.8 Å². The predicted octanol–water partition coefficient (Wildman–Crippen LogP) is 0.328. The van der Waals surface area contributed by atoms with E-state index in [0.717, 1.165) is 13.1 Å². The van der Waals surface area contributed by atoms with Gasteiger partial charge in [-0.3, -0.25) is 19.3 Å². The van der Waals surface area contributed by atoms with Crippen LogP contribution in [-0.4, -0.2) is 124 Å². The monoisotopic (exact) mass is 557 g/mol. The number of nitrogens with zero attached hydrogens (tertiary/aromatic N) is 3. The summed E-state index contributed by atoms with van der Waals surface area (Å²) in [6.45, 7) is 8.62. The molecular weight excluding hydrogens is 522 g/mol. The first-order chi connectivity index (χ1) is 16.9. The van der Waals surface area contributed by atoms with E-state index in [2.05, 4.69) is 27.4 Å². The third-order valence-corrected chi connectivity index (χ3v) is 8.66. The highest BCUT2D eigenvalue weighted by molar-refractivity contribution is 9.09. The molecule has 0 saturated carbocycles. The van der Waals surface area contributed by atoms with E-state index in [-0.39, 0.29) is 23.2 Å². The molecule has 3 unspecified atom stereocenters. The average molecular weight is 558 g/mol. The van der Waals surface area contributed by atoms with Gasteiger partial charge in [0.15, 0.2) is 0 Å². The summed E-state index contributed by atoms with van der Waals surface area (Å²) in [6.07, 6.45) is 3.38. The van der Waals surface area contributed by atoms with Crippen molar-refractivity contribution < 1.29 is 34.1 Å². The van der Waals surface area contributed by atoms with Gasteiger partial charge in [0.25, 0.3) is 0 Å². The van der Waals surface area contributed by atoms with Crippen LogP contribution in [0.1, 0.15) is 25.7 Å². The smallest absolute Gasteiger partial charge is 0.310 e. The molecule has 4 heterocycles. The first kappa shape index (κ1) is 26.5. The quantitative estimate of drug-likeness (QED) is 0.200. The van der Waals surface area contributed by atoms with Crippen LogP contribution in [0.25, 0.3) is 0 Å². The second-order valence-electron chi connectivity index (χ2n) is 9.84. The molecule has 1 spiro atoms. The summed E-state index contributed by atoms with van der Waals surface area (Å²) in [5, 5.41) is 19.1. The minimum atomic E-state index is -1.16. The molecule has 11 heteroatoms. The van der Waals surface area contributed by atoms with E-state index in [1.807, 2.05) is 0 Å². The molecule has 2 N–H and O–H groups in total. The van der Waals surface area contributed by atoms with E-state index in [1.165, 1.54) is 0 Å². The van der Waals surface area contributed by atoms with Crippen LogP contribution in [0.3, 0.4) is 0 Å². The second-order valence-corrected chi connectivity index (χ2v) is 11.0. The largest absolute Gasteiger partial charge is 0.481 e. The van der Waals surface area contributed by atoms with Crippen molar-refractivity contribution in [3.8, 4) is 0 Å². The van der Waals surface area contributed by atoms with Gasteiger partial charge >= 0.3 is 5.97 Å². The van der Waals surface area contributed by atoms with Gasteiger partial charge in [0.2, 0.25) is 11.8 Å². The number of morpholine rings is 1. The maximum Gasteiger partial charge on any atom is 0.310 e. The summed E-state index contributed by atoms with van der Waals surface area (Å²) in [4.78, 5) is 45.3. The molecule has 0 radical (unpaired) electrons. The standard InChI is InChI=1S/C24H36BrN3O7/c1-2-6-27(9-8-26-10-13-34-14-11-26)22(31)20-24-15-16(25)19(35-24)17(23(32)33)18(24)21(30)28(20)7-4-3-5-12-29/h2,16-20,29H,1,3-15H2,(H,32,33)/t16?,17-,18+,19-,20?,24?/m1/s1. The third kappa shape index (κ3) is 4.90. The topological polar surface area (TPSA) is 120 Å². The number of rotatable bonds is 12. The zero-order valence-corrected chi connectivity index (χ0v) is 21.6. The third-order valence-electron chi connectivity index (χ3n) is 7.82. The molecule has 2 amide bonds. The molecule has 0 aliphatic carbocycles. The van der Waals surface area contributed by atoms with Crippen LogP contribution in [-0.2, 0) is 23.9 Å². The number of amides is 2. The minimum absolute atomic E-state index is 0.0642. The first-order valence-electron chi connectivity index (χ1n) is 12.5. The zero-order valence-electron chi connectivity index (χ0n) is 20.0. The second kappa shape index (κ2) is 11.2. The van der Waals surface area contributed by atoms with Crippen LogP contribution in [0.15, 0.2) is 12.7 Å². The van der Waals surface area contributed by atoms with Gasteiger partial charge < -0.3 is 29.5 Å². The van der Waals surface area contributed by atoms with Crippen molar-refractivity contribution in [3.05, 3.63) is 12.7 Å². The Hall–Kier alpha value is -1.53. The molecule has 0 aromatic heterocycles. The number of halogens is 1. The van der Waals surface area contributed by atoms with Gasteiger partial charge in [-0.2, -0.15) is 0 Å². The van der Waals surface area contributed by atoms with E-state index in [0.29, 0.717) is 65.1 Å². The number of unbranched alkanes of at least 4 members (excludes halogenated alkanes) is 2. The first-order valence-corrected chi connectivity index (χ1v) is 13.4. The number of aliphatic hydroxyl groups excluding tert-OH is 1. The Balaban J connectivity index is 1.60. The van der Waals surface area contributed by atoms with Crippen molar-refractivity contribution in [2.45, 2.75) is 48.3 Å². The molecule has 4 saturated heterocycles. The molecule has 0 aromatic carbocycles. The summed E-state index contributed by atoms with van der Waals surface area (Å²) < 4.78 is 11.7. The Morgan fingerprint density at radius 1 is 1.23 bits per heavy atom. The van der Waals surface area contributed by atoms with E-state index in [1.54, 1.807) is 15.9 Å². The molecule has 6 atom stereocenters. The van der Waals surface area contributed by atoms with E-state index in [9.17, 15) is 19.5 Å². The average Bonchev–Trinajstić information content (AvgIpc) is 3.43. The van der Waals surface area contributed by atoms with Crippen LogP contribution >= 0.6 is 15.9 Å². The Bertz CT molecular complexity index is 823. The minimum Gasteiger partial charge on any atom is -0.481 e. The number of hydrogen-bond acceptors (Lipinski definition) is 7. The fourth-order valence-electron chi connectivity index (χ4n) is 6.21. The lowest BCUT2D eigenvalue weighted by atomic mass is 9.70. The normalized spacial score (nSPS) is 34.3. The number of carboxylic acids is 1. The number of aliphatic carboxylic acids is 1. The van der Waals surface area contributed by atoms with Gasteiger partial charge in [-0.05, 0) is 25.7 Å². The van der Waals surface area contributed by atoms with Gasteiger partial charge in [0, 0.05) is 50.7 Å². The Morgan fingerprint density at radius 2 is 1.97 bits per heavy atom. The number of ether oxygens (including phenoxy) is 2. The van der Waals surface area contributed by atoms with E-state index >= 15 is 0 Å². The maximum absolute atomic E-state index is 14.1. The van der Waals surface area contributed by atoms with Gasteiger partial charge in [-0.25, -0.2) is 0 Å². The van der Waals surface area contributed by atoms with Crippen molar-refractivity contribution in [2.75, 3.05) is 59.1 Å². The molecule has 2 bridgehead atoms. The van der Waals surface area contributed by atoms with Gasteiger partial charge in [0.1, 0.15) is 11.6 Å². The van der Waals surface area contributed by atoms with E-state index in [4.69, 9.17) is 14.6 Å². The van der Waals surface area contributed by atoms with E-state index < -0.39 is 35.6 Å². The van der Waals surface area contributed by atoms with Crippen molar-refractivity contribution in [1.29, 1.82) is 0 Å². The summed E-state index contributed by atoms with van der Waals surface area (Å²) >= 11 is 3.57. The lowest BCUT2D eigenvalue weighted by Crippen LogP contribution is -2.57. The maximum atomic E-state index is 14.1. The number of hydrogen-bond donors (Lipinski definition) is 2. The zero-order chi connectivity index (χ0) is 25.2. The molecule has 4 aliphatic rings. The lowest BCUT2D eigenvalue weighted by molar-refractivity contribution is -0.150. The number of carbonyl (C=O) groups excluding carboxylic acids is 2. The number of alkyl halides is 1. The van der Waals surface area contributed by atoms with Gasteiger partial charge in [-0.15, -0.1) is 6.58 Å². The molecule has 4 fully saturated rings. The highest BCUT2D eigenvalue weighted by Crippen LogP contribution is 2.60. The fourth-order valence-corrected chi connectivity index (χ4v) is 7.15. The number of carbonyl (C=O) groups is 3. The molecule has 10 nitrogen and oxygen atoms in total. The number of fused-ring (bicyclic) bond motifs is 1. The van der Waals surface area contributed by atoms with Crippen LogP contribution in [0.2, 0.25) is 0 Å². The summed E-state index contributed by atoms with van der Waals surface area (Å²) in [6, 6.07) is -0.881. The van der Waals surface area contributed by atoms with Crippen LogP contribution in [0.5, 0.6) is 0 Å². The van der Waals surface area contributed by atoms with Crippen molar-refractivity contribution in [3.63, 3.8) is 0 Å². The summed E-state index contributed by atoms with van der Waals surface area (Å²) in [5.41, 5.74) is -1.16. The Morgan fingerprint density at radius 3 is 2.63 bits per heavy atom. The van der Waals surface area contributed by atoms with Crippen LogP contribution < -0.4 is 0 Å². The highest BCUT2D eigenvalue weighted by atomic mass is 79.9. The number of likely N-dealkylation sites (tertiary alicyclic amines) is 1. The van der Waals surface area contributed by atoms with Gasteiger partial charge in [-0.1, -0.05) is 22.0 Å². The SMILES string of the molecule is C=CCN(CCN1CCOCC1)C(=O)C1N(CCCCCO)C(=O)[C@@H]2[C@@H](C(=O)O)[C@@H]3OC12CC3Br. The number of carboxylic acid groups (broad SMARTS) is 1. The fraction of sp³-hybridized carbons (Fsp3) is 0.792. The highest BCUT2D eigenvalue weighted by Gasteiger charge is 2.76. The molecule has 196 valence electrons. The molecule has 0 aromatic rings. The van der Waals surface area contributed by atoms with Crippen LogP contribution in [0.4, 0.5) is 0 Å². The predicted molar refractivity (Wildman–Crippen MR) is 130 cm³/mol. The Labute approximate surface area is 214 Å². The molecular formula is C24H36BrN3O7. The number of aliphatic hydroxyl groups is 1. The summed E-state index contributed by atoms with van der Waals surface area (Å²) in [5.74, 6) is -3.46. The van der Waals surface area contributed by atoms with Crippen molar-refractivity contribution in [1.82, 2.24) is 14.7 Å². The molecule has 35 heavy (non-hydrogen) atoms. The molecule has 4 aliphatic heterocycles. The van der Waals surface area contributed by atoms with Gasteiger partial charge in [0.05, 0.1) is 31.2 Å². The van der Waals surface area contributed by atoms with Crippen molar-refractivity contribution in [2.24, 2.45) is 11.8 Å². The lowest BCUT2D eigenvalue weighted by Gasteiger charge is -2.38. The van der Waals surface area contributed by atoms with Crippen molar-refractivity contribution >= 4 is 33.7 Å².